The Bertz CT molecular complexity index is 182. The number of nitrogens with one attached hydrogen (secondary N) is 1. The Morgan fingerprint density at radius 2 is 2.00 bits per heavy atom. The van der Waals surface area contributed by atoms with Crippen molar-refractivity contribution >= 4 is 0 Å². The number of nitrogens with zero attached hydrogens (tertiary/aromatic N) is 1. The lowest BCUT2D eigenvalue weighted by molar-refractivity contribution is 0.136. The minimum atomic E-state index is 0.681. The average Bonchev–Trinajstić information content (AvgIpc) is 2.28. The highest BCUT2D eigenvalue weighted by molar-refractivity contribution is 4.75. The first-order valence-corrected chi connectivity index (χ1v) is 7.03. The van der Waals surface area contributed by atoms with Crippen molar-refractivity contribution < 1.29 is 0 Å². The van der Waals surface area contributed by atoms with E-state index < -0.39 is 0 Å². The van der Waals surface area contributed by atoms with Crippen LogP contribution >= 0.6 is 0 Å². The number of hydrogen-bond donors (Lipinski definition) is 1. The molecule has 0 bridgehead atoms. The number of hydrogen-bond acceptors (Lipinski definition) is 2. The predicted molar refractivity (Wildman–Crippen MR) is 71.8 cm³/mol. The molecule has 0 amide bonds. The Morgan fingerprint density at radius 1 is 1.25 bits per heavy atom. The van der Waals surface area contributed by atoms with Crippen LogP contribution in [-0.2, 0) is 0 Å². The first kappa shape index (κ1) is 14.0. The molecule has 3 unspecified atom stereocenters. The minimum Gasteiger partial charge on any atom is -0.317 e. The number of piperidine rings is 1. The van der Waals surface area contributed by atoms with E-state index in [2.05, 4.69) is 38.0 Å². The lowest BCUT2D eigenvalue weighted by Crippen LogP contribution is -2.38. The van der Waals surface area contributed by atoms with E-state index in [-0.39, 0.29) is 0 Å². The lowest BCUT2D eigenvalue weighted by atomic mass is 9.88. The third-order valence-electron chi connectivity index (χ3n) is 4.27. The van der Waals surface area contributed by atoms with E-state index in [0.717, 1.165) is 11.8 Å². The van der Waals surface area contributed by atoms with Crippen molar-refractivity contribution in [1.29, 1.82) is 0 Å². The van der Waals surface area contributed by atoms with E-state index in [1.165, 1.54) is 45.3 Å². The summed E-state index contributed by atoms with van der Waals surface area (Å²) in [5.41, 5.74) is 0. The highest BCUT2D eigenvalue weighted by Gasteiger charge is 2.21. The molecule has 1 fully saturated rings. The van der Waals surface area contributed by atoms with Gasteiger partial charge in [0, 0.05) is 12.6 Å². The molecular weight excluding hydrogens is 196 g/mol. The number of rotatable bonds is 6. The smallest absolute Gasteiger partial charge is 0.00357 e. The molecule has 3 atom stereocenters. The fraction of sp³-hybridized carbons (Fsp3) is 1.00. The fourth-order valence-corrected chi connectivity index (χ4v) is 2.48. The molecule has 1 aliphatic heterocycles. The molecule has 1 N–H and O–H groups in total. The average molecular weight is 226 g/mol. The van der Waals surface area contributed by atoms with Gasteiger partial charge in [-0.1, -0.05) is 20.3 Å². The zero-order chi connectivity index (χ0) is 12.0. The van der Waals surface area contributed by atoms with E-state index in [4.69, 9.17) is 0 Å². The Hall–Kier alpha value is -0.0800. The molecule has 0 saturated carbocycles. The number of likely N-dealkylation sites (tertiary alicyclic amines) is 1. The van der Waals surface area contributed by atoms with E-state index in [0.29, 0.717) is 6.04 Å². The first-order chi connectivity index (χ1) is 7.63. The normalized spacial score (nSPS) is 29.2. The third-order valence-corrected chi connectivity index (χ3v) is 4.27. The van der Waals surface area contributed by atoms with Crippen LogP contribution in [0.4, 0.5) is 0 Å². The maximum absolute atomic E-state index is 3.30. The zero-order valence-corrected chi connectivity index (χ0v) is 11.6. The van der Waals surface area contributed by atoms with Gasteiger partial charge in [-0.25, -0.2) is 0 Å². The van der Waals surface area contributed by atoms with Crippen molar-refractivity contribution in [1.82, 2.24) is 10.2 Å². The fourth-order valence-electron chi connectivity index (χ4n) is 2.48. The van der Waals surface area contributed by atoms with Crippen LogP contribution in [0.1, 0.15) is 46.5 Å². The second-order valence-electron chi connectivity index (χ2n) is 5.73. The summed E-state index contributed by atoms with van der Waals surface area (Å²) in [6.07, 6.45) is 5.44. The molecule has 0 aromatic rings. The molecule has 1 heterocycles. The van der Waals surface area contributed by atoms with Gasteiger partial charge < -0.3 is 10.2 Å². The summed E-state index contributed by atoms with van der Waals surface area (Å²) in [5, 5.41) is 3.30. The van der Waals surface area contributed by atoms with Crippen molar-refractivity contribution in [2.75, 3.05) is 26.7 Å². The highest BCUT2D eigenvalue weighted by atomic mass is 15.1. The second-order valence-corrected chi connectivity index (χ2v) is 5.73. The number of unbranched alkanes of at least 4 members (excludes halogenated alkanes) is 1. The van der Waals surface area contributed by atoms with Gasteiger partial charge in [-0.05, 0) is 58.2 Å². The largest absolute Gasteiger partial charge is 0.317 e. The zero-order valence-electron chi connectivity index (χ0n) is 11.6. The summed E-state index contributed by atoms with van der Waals surface area (Å²) in [6, 6.07) is 0.681. The molecule has 2 heteroatoms. The van der Waals surface area contributed by atoms with Crippen molar-refractivity contribution in [2.24, 2.45) is 11.8 Å². The summed E-state index contributed by atoms with van der Waals surface area (Å²) in [4.78, 5) is 2.66. The third kappa shape index (κ3) is 4.84. The van der Waals surface area contributed by atoms with E-state index >= 15 is 0 Å². The molecule has 96 valence electrons. The summed E-state index contributed by atoms with van der Waals surface area (Å²) in [5.74, 6) is 1.82. The monoisotopic (exact) mass is 226 g/mol. The molecule has 1 saturated heterocycles. The topological polar surface area (TPSA) is 15.3 Å². The summed E-state index contributed by atoms with van der Waals surface area (Å²) in [7, 11) is 2.05. The Kier molecular flexibility index (Phi) is 6.37. The maximum atomic E-state index is 3.30. The van der Waals surface area contributed by atoms with Gasteiger partial charge in [0.2, 0.25) is 0 Å². The molecule has 2 nitrogen and oxygen atoms in total. The van der Waals surface area contributed by atoms with E-state index in [1.807, 2.05) is 0 Å². The van der Waals surface area contributed by atoms with Crippen LogP contribution < -0.4 is 5.32 Å². The SMILES string of the molecule is CNC(C)CCCCN1CCC(C)C(C)C1. The van der Waals surface area contributed by atoms with Crippen LogP contribution in [0.3, 0.4) is 0 Å². The van der Waals surface area contributed by atoms with Gasteiger partial charge in [-0.3, -0.25) is 0 Å². The molecule has 1 rings (SSSR count). The van der Waals surface area contributed by atoms with Gasteiger partial charge in [-0.15, -0.1) is 0 Å². The molecule has 0 radical (unpaired) electrons. The summed E-state index contributed by atoms with van der Waals surface area (Å²) >= 11 is 0. The van der Waals surface area contributed by atoms with Gasteiger partial charge >= 0.3 is 0 Å². The van der Waals surface area contributed by atoms with Gasteiger partial charge in [0.05, 0.1) is 0 Å². The Labute approximate surface area is 102 Å². The van der Waals surface area contributed by atoms with Gasteiger partial charge in [0.15, 0.2) is 0 Å². The van der Waals surface area contributed by atoms with Crippen LogP contribution in [0, 0.1) is 11.8 Å². The predicted octanol–water partition coefficient (Wildman–Crippen LogP) is 2.74. The van der Waals surface area contributed by atoms with Crippen LogP contribution in [0.25, 0.3) is 0 Å². The van der Waals surface area contributed by atoms with E-state index in [9.17, 15) is 0 Å². The molecular formula is C14H30N2. The van der Waals surface area contributed by atoms with Gasteiger partial charge in [0.1, 0.15) is 0 Å². The van der Waals surface area contributed by atoms with Crippen molar-refractivity contribution in [3.63, 3.8) is 0 Å². The quantitative estimate of drug-likeness (QED) is 0.701. The highest BCUT2D eigenvalue weighted by Crippen LogP contribution is 2.22. The van der Waals surface area contributed by atoms with Crippen LogP contribution in [0.2, 0.25) is 0 Å². The lowest BCUT2D eigenvalue weighted by Gasteiger charge is -2.35. The van der Waals surface area contributed by atoms with Crippen LogP contribution in [-0.4, -0.2) is 37.6 Å². The van der Waals surface area contributed by atoms with Crippen molar-refractivity contribution in [3.05, 3.63) is 0 Å². The molecule has 0 aliphatic carbocycles. The van der Waals surface area contributed by atoms with Crippen LogP contribution in [0.5, 0.6) is 0 Å². The minimum absolute atomic E-state index is 0.681. The molecule has 0 spiro atoms. The molecule has 0 aromatic carbocycles. The summed E-state index contributed by atoms with van der Waals surface area (Å²) in [6.45, 7) is 11.0. The maximum Gasteiger partial charge on any atom is 0.00357 e. The second kappa shape index (κ2) is 7.29. The molecule has 0 aromatic heterocycles. The molecule has 16 heavy (non-hydrogen) atoms. The first-order valence-electron chi connectivity index (χ1n) is 7.03. The van der Waals surface area contributed by atoms with Crippen molar-refractivity contribution in [3.8, 4) is 0 Å². The van der Waals surface area contributed by atoms with Crippen LogP contribution in [0.15, 0.2) is 0 Å². The van der Waals surface area contributed by atoms with E-state index in [1.54, 1.807) is 0 Å². The Morgan fingerprint density at radius 3 is 2.62 bits per heavy atom. The molecule has 1 aliphatic rings. The standard InChI is InChI=1S/C14H30N2/c1-12-8-10-16(11-13(12)2)9-6-5-7-14(3)15-4/h12-15H,5-11H2,1-4H3. The summed E-state index contributed by atoms with van der Waals surface area (Å²) < 4.78 is 0. The van der Waals surface area contributed by atoms with Gasteiger partial charge in [0.25, 0.3) is 0 Å². The van der Waals surface area contributed by atoms with Gasteiger partial charge in [-0.2, -0.15) is 0 Å². The Balaban J connectivity index is 2.05. The van der Waals surface area contributed by atoms with Crippen molar-refractivity contribution in [2.45, 2.75) is 52.5 Å².